The van der Waals surface area contributed by atoms with Gasteiger partial charge in [0, 0.05) is 18.5 Å². The van der Waals surface area contributed by atoms with Crippen LogP contribution in [0.4, 0.5) is 0 Å². The summed E-state index contributed by atoms with van der Waals surface area (Å²) in [4.78, 5) is 0. The van der Waals surface area contributed by atoms with E-state index in [2.05, 4.69) is 29.6 Å². The highest BCUT2D eigenvalue weighted by Gasteiger charge is 2.23. The molecule has 1 unspecified atom stereocenters. The van der Waals surface area contributed by atoms with E-state index in [-0.39, 0.29) is 0 Å². The molecule has 1 fully saturated rings. The van der Waals surface area contributed by atoms with E-state index >= 15 is 0 Å². The summed E-state index contributed by atoms with van der Waals surface area (Å²) in [6, 6.07) is 9.26. The largest absolute Gasteiger partial charge is 0.493 e. The van der Waals surface area contributed by atoms with Gasteiger partial charge in [0.2, 0.25) is 0 Å². The second kappa shape index (κ2) is 4.46. The van der Waals surface area contributed by atoms with E-state index in [1.807, 2.05) is 0 Å². The fourth-order valence-corrected chi connectivity index (χ4v) is 2.55. The number of fused-ring (bicyclic) bond motifs is 1. The summed E-state index contributed by atoms with van der Waals surface area (Å²) >= 11 is 0. The molecule has 0 spiro atoms. The van der Waals surface area contributed by atoms with Crippen LogP contribution in [0.3, 0.4) is 0 Å². The van der Waals surface area contributed by atoms with E-state index in [4.69, 9.17) is 4.74 Å². The van der Waals surface area contributed by atoms with E-state index in [9.17, 15) is 0 Å². The average molecular weight is 217 g/mol. The van der Waals surface area contributed by atoms with Crippen molar-refractivity contribution in [2.24, 2.45) is 0 Å². The van der Waals surface area contributed by atoms with Crippen molar-refractivity contribution < 1.29 is 4.74 Å². The zero-order chi connectivity index (χ0) is 10.8. The third-order valence-corrected chi connectivity index (χ3v) is 3.84. The molecular formula is C14H19NO. The van der Waals surface area contributed by atoms with Crippen molar-refractivity contribution in [3.63, 3.8) is 0 Å². The zero-order valence-corrected chi connectivity index (χ0v) is 9.61. The smallest absolute Gasteiger partial charge is 0.122 e. The van der Waals surface area contributed by atoms with Crippen LogP contribution in [0.1, 0.15) is 37.2 Å². The Morgan fingerprint density at radius 2 is 2.06 bits per heavy atom. The van der Waals surface area contributed by atoms with Crippen molar-refractivity contribution in [2.75, 3.05) is 13.2 Å². The van der Waals surface area contributed by atoms with E-state index < -0.39 is 0 Å². The molecule has 1 aliphatic carbocycles. The van der Waals surface area contributed by atoms with Crippen LogP contribution in [0.15, 0.2) is 24.3 Å². The molecule has 1 aromatic carbocycles. The van der Waals surface area contributed by atoms with Gasteiger partial charge in [-0.25, -0.2) is 0 Å². The van der Waals surface area contributed by atoms with E-state index in [1.165, 1.54) is 24.8 Å². The highest BCUT2D eigenvalue weighted by atomic mass is 16.5. The van der Waals surface area contributed by atoms with Crippen molar-refractivity contribution in [1.29, 1.82) is 0 Å². The molecule has 0 aromatic heterocycles. The monoisotopic (exact) mass is 217 g/mol. The lowest BCUT2D eigenvalue weighted by molar-refractivity contribution is 0.254. The summed E-state index contributed by atoms with van der Waals surface area (Å²) < 4.78 is 5.67. The third-order valence-electron chi connectivity index (χ3n) is 3.84. The van der Waals surface area contributed by atoms with Gasteiger partial charge < -0.3 is 10.1 Å². The highest BCUT2D eigenvalue weighted by Crippen LogP contribution is 2.33. The van der Waals surface area contributed by atoms with Crippen molar-refractivity contribution in [3.05, 3.63) is 29.8 Å². The van der Waals surface area contributed by atoms with Crippen LogP contribution in [0.5, 0.6) is 5.75 Å². The van der Waals surface area contributed by atoms with Gasteiger partial charge in [-0.15, -0.1) is 0 Å². The van der Waals surface area contributed by atoms with Gasteiger partial charge in [0.05, 0.1) is 6.61 Å². The van der Waals surface area contributed by atoms with E-state index in [0.717, 1.165) is 31.4 Å². The molecule has 0 bridgehead atoms. The molecular weight excluding hydrogens is 198 g/mol. The molecule has 3 rings (SSSR count). The first kappa shape index (κ1) is 10.2. The first-order valence-electron chi connectivity index (χ1n) is 6.38. The molecule has 1 saturated carbocycles. The van der Waals surface area contributed by atoms with Gasteiger partial charge >= 0.3 is 0 Å². The first-order valence-corrected chi connectivity index (χ1v) is 6.38. The van der Waals surface area contributed by atoms with Crippen LogP contribution in [0.2, 0.25) is 0 Å². The summed E-state index contributed by atoms with van der Waals surface area (Å²) in [6.45, 7) is 1.99. The van der Waals surface area contributed by atoms with Crippen LogP contribution < -0.4 is 10.1 Å². The Labute approximate surface area is 97.0 Å². The second-order valence-electron chi connectivity index (χ2n) is 4.91. The predicted octanol–water partition coefficient (Wildman–Crippen LogP) is 2.69. The molecule has 1 aromatic rings. The second-order valence-corrected chi connectivity index (χ2v) is 4.91. The molecule has 1 atom stereocenters. The molecule has 1 aliphatic heterocycles. The van der Waals surface area contributed by atoms with Gasteiger partial charge in [0.25, 0.3) is 0 Å². The molecule has 2 aliphatic rings. The summed E-state index contributed by atoms with van der Waals surface area (Å²) in [5.74, 6) is 1.74. The minimum Gasteiger partial charge on any atom is -0.493 e. The SMILES string of the molecule is c1ccc2c(c1)OCCC2CNC1CCC1. The Balaban J connectivity index is 1.66. The van der Waals surface area contributed by atoms with Crippen molar-refractivity contribution in [3.8, 4) is 5.75 Å². The van der Waals surface area contributed by atoms with Crippen LogP contribution in [-0.4, -0.2) is 19.2 Å². The van der Waals surface area contributed by atoms with Crippen LogP contribution in [0.25, 0.3) is 0 Å². The molecule has 1 N–H and O–H groups in total. The highest BCUT2D eigenvalue weighted by molar-refractivity contribution is 5.37. The Morgan fingerprint density at radius 3 is 2.88 bits per heavy atom. The van der Waals surface area contributed by atoms with Crippen molar-refractivity contribution >= 4 is 0 Å². The van der Waals surface area contributed by atoms with Gasteiger partial charge in [0.1, 0.15) is 5.75 Å². The maximum absolute atomic E-state index is 5.67. The fourth-order valence-electron chi connectivity index (χ4n) is 2.55. The lowest BCUT2D eigenvalue weighted by atomic mass is 9.90. The fraction of sp³-hybridized carbons (Fsp3) is 0.571. The maximum atomic E-state index is 5.67. The van der Waals surface area contributed by atoms with Gasteiger partial charge in [-0.2, -0.15) is 0 Å². The molecule has 86 valence electrons. The lowest BCUT2D eigenvalue weighted by Gasteiger charge is -2.31. The number of ether oxygens (including phenoxy) is 1. The summed E-state index contributed by atoms with van der Waals surface area (Å²) in [5, 5.41) is 3.67. The molecule has 0 saturated heterocycles. The number of nitrogens with one attached hydrogen (secondary N) is 1. The first-order chi connectivity index (χ1) is 7.93. The van der Waals surface area contributed by atoms with Gasteiger partial charge in [-0.3, -0.25) is 0 Å². The Hall–Kier alpha value is -1.02. The van der Waals surface area contributed by atoms with Gasteiger partial charge in [0.15, 0.2) is 0 Å². The molecule has 0 radical (unpaired) electrons. The number of rotatable bonds is 3. The molecule has 16 heavy (non-hydrogen) atoms. The zero-order valence-electron chi connectivity index (χ0n) is 9.61. The van der Waals surface area contributed by atoms with E-state index in [1.54, 1.807) is 0 Å². The summed E-state index contributed by atoms with van der Waals surface area (Å²) in [5.41, 5.74) is 1.39. The topological polar surface area (TPSA) is 21.3 Å². The standard InChI is InChI=1S/C14H19NO/c1-2-7-14-13(6-1)11(8-9-16-14)10-15-12-4-3-5-12/h1-2,6-7,11-12,15H,3-5,8-10H2. The summed E-state index contributed by atoms with van der Waals surface area (Å²) in [7, 11) is 0. The summed E-state index contributed by atoms with van der Waals surface area (Å²) in [6.07, 6.45) is 5.29. The number of benzene rings is 1. The quantitative estimate of drug-likeness (QED) is 0.840. The Morgan fingerprint density at radius 1 is 1.19 bits per heavy atom. The van der Waals surface area contributed by atoms with Gasteiger partial charge in [-0.05, 0) is 30.9 Å². The van der Waals surface area contributed by atoms with Crippen LogP contribution in [0, 0.1) is 0 Å². The number of para-hydroxylation sites is 1. The van der Waals surface area contributed by atoms with Crippen LogP contribution in [-0.2, 0) is 0 Å². The maximum Gasteiger partial charge on any atom is 0.122 e. The normalized spacial score (nSPS) is 24.4. The van der Waals surface area contributed by atoms with Crippen molar-refractivity contribution in [2.45, 2.75) is 37.6 Å². The Kier molecular flexibility index (Phi) is 2.83. The molecule has 2 heteroatoms. The number of hydrogen-bond donors (Lipinski definition) is 1. The minimum absolute atomic E-state index is 0.644. The van der Waals surface area contributed by atoms with Crippen LogP contribution >= 0.6 is 0 Å². The molecule has 0 amide bonds. The van der Waals surface area contributed by atoms with Crippen molar-refractivity contribution in [1.82, 2.24) is 5.32 Å². The lowest BCUT2D eigenvalue weighted by Crippen LogP contribution is -2.38. The molecule has 1 heterocycles. The Bertz CT molecular complexity index is 360. The predicted molar refractivity (Wildman–Crippen MR) is 64.9 cm³/mol. The van der Waals surface area contributed by atoms with Gasteiger partial charge in [-0.1, -0.05) is 24.6 Å². The molecule has 2 nitrogen and oxygen atoms in total. The van der Waals surface area contributed by atoms with E-state index in [0.29, 0.717) is 5.92 Å². The third kappa shape index (κ3) is 1.94. The minimum atomic E-state index is 0.644. The number of hydrogen-bond acceptors (Lipinski definition) is 2. The average Bonchev–Trinajstić information content (AvgIpc) is 2.27.